The molecule has 0 atom stereocenters. The van der Waals surface area contributed by atoms with E-state index in [0.717, 1.165) is 3.57 Å². The van der Waals surface area contributed by atoms with Gasteiger partial charge in [-0.05, 0) is 70.0 Å². The fourth-order valence-corrected chi connectivity index (χ4v) is 3.77. The Morgan fingerprint density at radius 3 is 2.31 bits per heavy atom. The van der Waals surface area contributed by atoms with Gasteiger partial charge in [-0.15, -0.1) is 0 Å². The molecule has 0 saturated carbocycles. The summed E-state index contributed by atoms with van der Waals surface area (Å²) >= 11 is 2.08. The number of carbonyl (C=O) groups is 1. The summed E-state index contributed by atoms with van der Waals surface area (Å²) in [7, 11) is 0. The predicted octanol–water partition coefficient (Wildman–Crippen LogP) is 6.71. The van der Waals surface area contributed by atoms with Crippen LogP contribution in [0.1, 0.15) is 36.7 Å². The lowest BCUT2D eigenvalue weighted by molar-refractivity contribution is 0.0734. The van der Waals surface area contributed by atoms with Crippen LogP contribution in [0.25, 0.3) is 11.0 Å². The molecular formula is C26H21IO5. The standard InChI is InChI=1S/C26H21IO5/c1-26(2,3)16-8-10-17(11-9-16)31-23-15-30-22-14-18(12-13-20(22)24(23)28)32-25(29)19-6-4-5-7-21(19)27/h4-15H,1-3H3. The van der Waals surface area contributed by atoms with Crippen LogP contribution in [0.4, 0.5) is 0 Å². The highest BCUT2D eigenvalue weighted by atomic mass is 127. The molecule has 4 rings (SSSR count). The monoisotopic (exact) mass is 540 g/mol. The van der Waals surface area contributed by atoms with Gasteiger partial charge >= 0.3 is 5.97 Å². The predicted molar refractivity (Wildman–Crippen MR) is 132 cm³/mol. The van der Waals surface area contributed by atoms with Crippen LogP contribution < -0.4 is 14.9 Å². The number of rotatable bonds is 4. The van der Waals surface area contributed by atoms with Crippen molar-refractivity contribution in [2.45, 2.75) is 26.2 Å². The summed E-state index contributed by atoms with van der Waals surface area (Å²) in [6.07, 6.45) is 1.27. The highest BCUT2D eigenvalue weighted by molar-refractivity contribution is 14.1. The number of benzene rings is 3. The van der Waals surface area contributed by atoms with E-state index in [1.54, 1.807) is 24.3 Å². The maximum Gasteiger partial charge on any atom is 0.344 e. The molecule has 0 aliphatic rings. The van der Waals surface area contributed by atoms with Crippen molar-refractivity contribution in [3.63, 3.8) is 0 Å². The van der Waals surface area contributed by atoms with Crippen molar-refractivity contribution >= 4 is 39.5 Å². The number of esters is 1. The van der Waals surface area contributed by atoms with E-state index >= 15 is 0 Å². The van der Waals surface area contributed by atoms with Crippen LogP contribution in [0.5, 0.6) is 17.2 Å². The molecule has 4 aromatic rings. The van der Waals surface area contributed by atoms with Crippen molar-refractivity contribution in [3.05, 3.63) is 97.9 Å². The van der Waals surface area contributed by atoms with Gasteiger partial charge in [-0.25, -0.2) is 4.79 Å². The van der Waals surface area contributed by atoms with Gasteiger partial charge in [-0.2, -0.15) is 0 Å². The first-order valence-corrected chi connectivity index (χ1v) is 11.1. The molecule has 0 unspecified atom stereocenters. The third kappa shape index (κ3) is 4.70. The van der Waals surface area contributed by atoms with Crippen LogP contribution in [0.3, 0.4) is 0 Å². The second-order valence-electron chi connectivity index (χ2n) is 8.33. The molecule has 162 valence electrons. The van der Waals surface area contributed by atoms with Gasteiger partial charge in [0.1, 0.15) is 23.3 Å². The zero-order valence-electron chi connectivity index (χ0n) is 17.8. The van der Waals surface area contributed by atoms with Gasteiger partial charge in [-0.3, -0.25) is 4.79 Å². The van der Waals surface area contributed by atoms with E-state index in [9.17, 15) is 9.59 Å². The van der Waals surface area contributed by atoms with E-state index < -0.39 is 5.97 Å². The van der Waals surface area contributed by atoms with Crippen molar-refractivity contribution in [1.82, 2.24) is 0 Å². The second kappa shape index (κ2) is 8.78. The summed E-state index contributed by atoms with van der Waals surface area (Å²) in [6, 6.07) is 19.4. The maximum absolute atomic E-state index is 12.9. The van der Waals surface area contributed by atoms with Crippen molar-refractivity contribution in [2.24, 2.45) is 0 Å². The van der Waals surface area contributed by atoms with Gasteiger partial charge in [0, 0.05) is 9.64 Å². The van der Waals surface area contributed by atoms with Crippen LogP contribution in [0, 0.1) is 3.57 Å². The highest BCUT2D eigenvalue weighted by Crippen LogP contribution is 2.28. The molecule has 32 heavy (non-hydrogen) atoms. The molecular weight excluding hydrogens is 519 g/mol. The third-order valence-electron chi connectivity index (χ3n) is 4.97. The number of halogens is 1. The fourth-order valence-electron chi connectivity index (χ4n) is 3.16. The molecule has 0 bridgehead atoms. The third-order valence-corrected chi connectivity index (χ3v) is 5.91. The lowest BCUT2D eigenvalue weighted by Gasteiger charge is -2.19. The van der Waals surface area contributed by atoms with Gasteiger partial charge in [0.05, 0.1) is 10.9 Å². The lowest BCUT2D eigenvalue weighted by Crippen LogP contribution is -2.11. The molecule has 0 amide bonds. The van der Waals surface area contributed by atoms with Crippen LogP contribution >= 0.6 is 22.6 Å². The van der Waals surface area contributed by atoms with E-state index in [0.29, 0.717) is 22.3 Å². The molecule has 6 heteroatoms. The molecule has 0 N–H and O–H groups in total. The Morgan fingerprint density at radius 2 is 1.62 bits per heavy atom. The first-order chi connectivity index (χ1) is 15.2. The smallest absolute Gasteiger partial charge is 0.344 e. The molecule has 0 fully saturated rings. The first kappa shape index (κ1) is 22.1. The molecule has 0 aliphatic heterocycles. The van der Waals surface area contributed by atoms with Crippen molar-refractivity contribution in [2.75, 3.05) is 0 Å². The summed E-state index contributed by atoms with van der Waals surface area (Å²) in [6.45, 7) is 6.40. The van der Waals surface area contributed by atoms with Crippen LogP contribution in [0.2, 0.25) is 0 Å². The Hall–Kier alpha value is -3.13. The Morgan fingerprint density at radius 1 is 0.938 bits per heavy atom. The largest absolute Gasteiger partial charge is 0.460 e. The highest BCUT2D eigenvalue weighted by Gasteiger charge is 2.16. The van der Waals surface area contributed by atoms with Gasteiger partial charge in [0.25, 0.3) is 0 Å². The first-order valence-electron chi connectivity index (χ1n) is 10.0. The summed E-state index contributed by atoms with van der Waals surface area (Å²) in [5.74, 6) is 0.448. The summed E-state index contributed by atoms with van der Waals surface area (Å²) in [5.41, 5.74) is 1.67. The number of hydrogen-bond acceptors (Lipinski definition) is 5. The average Bonchev–Trinajstić information content (AvgIpc) is 2.76. The summed E-state index contributed by atoms with van der Waals surface area (Å²) in [4.78, 5) is 25.3. The fraction of sp³-hybridized carbons (Fsp3) is 0.154. The van der Waals surface area contributed by atoms with Crippen molar-refractivity contribution in [1.29, 1.82) is 0 Å². The number of carbonyl (C=O) groups excluding carboxylic acids is 1. The minimum absolute atomic E-state index is 0.0282. The Kier molecular flexibility index (Phi) is 6.06. The second-order valence-corrected chi connectivity index (χ2v) is 9.50. The minimum atomic E-state index is -0.477. The number of fused-ring (bicyclic) bond motifs is 1. The summed E-state index contributed by atoms with van der Waals surface area (Å²) < 4.78 is 17.6. The normalized spacial score (nSPS) is 11.4. The van der Waals surface area contributed by atoms with Crippen molar-refractivity contribution < 1.29 is 18.7 Å². The van der Waals surface area contributed by atoms with Gasteiger partial charge in [0.2, 0.25) is 11.2 Å². The van der Waals surface area contributed by atoms with Gasteiger partial charge < -0.3 is 13.9 Å². The Balaban J connectivity index is 1.57. The van der Waals surface area contributed by atoms with Crippen LogP contribution in [0.15, 0.2) is 82.2 Å². The topological polar surface area (TPSA) is 65.7 Å². The molecule has 0 radical (unpaired) electrons. The van der Waals surface area contributed by atoms with E-state index in [2.05, 4.69) is 43.4 Å². The molecule has 0 saturated heterocycles. The zero-order valence-corrected chi connectivity index (χ0v) is 20.0. The molecule has 3 aromatic carbocycles. The number of hydrogen-bond donors (Lipinski definition) is 0. The van der Waals surface area contributed by atoms with Crippen molar-refractivity contribution in [3.8, 4) is 17.2 Å². The van der Waals surface area contributed by atoms with Crippen LogP contribution in [-0.4, -0.2) is 5.97 Å². The SMILES string of the molecule is CC(C)(C)c1ccc(Oc2coc3cc(OC(=O)c4ccccc4I)ccc3c2=O)cc1. The Labute approximate surface area is 199 Å². The average molecular weight is 540 g/mol. The molecule has 0 spiro atoms. The van der Waals surface area contributed by atoms with E-state index in [1.165, 1.54) is 17.9 Å². The van der Waals surface area contributed by atoms with Crippen LogP contribution in [-0.2, 0) is 5.41 Å². The van der Waals surface area contributed by atoms with Gasteiger partial charge in [-0.1, -0.05) is 45.0 Å². The maximum atomic E-state index is 12.9. The molecule has 0 aliphatic carbocycles. The van der Waals surface area contributed by atoms with E-state index in [1.807, 2.05) is 36.4 Å². The lowest BCUT2D eigenvalue weighted by atomic mass is 9.87. The quantitative estimate of drug-likeness (QED) is 0.164. The van der Waals surface area contributed by atoms with E-state index in [4.69, 9.17) is 13.9 Å². The van der Waals surface area contributed by atoms with Gasteiger partial charge in [0.15, 0.2) is 0 Å². The molecule has 5 nitrogen and oxygen atoms in total. The summed E-state index contributed by atoms with van der Waals surface area (Å²) in [5, 5.41) is 0.336. The zero-order chi connectivity index (χ0) is 22.9. The van der Waals surface area contributed by atoms with E-state index in [-0.39, 0.29) is 22.3 Å². The minimum Gasteiger partial charge on any atom is -0.460 e. The molecule has 1 aromatic heterocycles. The number of ether oxygens (including phenoxy) is 2. The Bertz CT molecular complexity index is 1350. The molecule has 1 heterocycles.